The minimum atomic E-state index is -0.335. The lowest BCUT2D eigenvalue weighted by atomic mass is 9.90. The van der Waals surface area contributed by atoms with Gasteiger partial charge in [-0.1, -0.05) is 27.7 Å². The number of thioether (sulfide) groups is 2. The van der Waals surface area contributed by atoms with Gasteiger partial charge in [-0.2, -0.15) is 11.8 Å². The second-order valence-electron chi connectivity index (χ2n) is 7.55. The highest BCUT2D eigenvalue weighted by atomic mass is 32.2. The lowest BCUT2D eigenvalue weighted by Crippen LogP contribution is -2.54. The van der Waals surface area contributed by atoms with Gasteiger partial charge in [-0.3, -0.25) is 9.59 Å². The number of carbonyl (C=O) groups is 2. The molecule has 1 amide bonds. The molecule has 0 aromatic heterocycles. The predicted octanol–water partition coefficient (Wildman–Crippen LogP) is 4.20. The van der Waals surface area contributed by atoms with E-state index in [1.165, 1.54) is 0 Å². The molecule has 0 unspecified atom stereocenters. The maximum atomic E-state index is 12.8. The molecule has 0 aliphatic carbocycles. The van der Waals surface area contributed by atoms with Crippen molar-refractivity contribution in [2.24, 2.45) is 5.92 Å². The fraction of sp³-hybridized carbons (Fsp3) is 0.882. The van der Waals surface area contributed by atoms with Gasteiger partial charge in [0.05, 0.1) is 4.87 Å². The molecule has 0 aromatic rings. The highest BCUT2D eigenvalue weighted by Crippen LogP contribution is 2.51. The molecule has 1 rings (SSSR count). The molecular formula is C17H31NO2S2. The number of rotatable bonds is 6. The van der Waals surface area contributed by atoms with Crippen LogP contribution in [-0.2, 0) is 9.59 Å². The predicted molar refractivity (Wildman–Crippen MR) is 98.4 cm³/mol. The largest absolute Gasteiger partial charge is 0.317 e. The first kappa shape index (κ1) is 19.9. The molecule has 0 radical (unpaired) electrons. The van der Waals surface area contributed by atoms with E-state index >= 15 is 0 Å². The van der Waals surface area contributed by atoms with Gasteiger partial charge in [0, 0.05) is 22.8 Å². The van der Waals surface area contributed by atoms with E-state index in [2.05, 4.69) is 41.5 Å². The van der Waals surface area contributed by atoms with Crippen LogP contribution in [0.15, 0.2) is 0 Å². The minimum absolute atomic E-state index is 0.0564. The highest BCUT2D eigenvalue weighted by molar-refractivity contribution is 8.02. The molecular weight excluding hydrogens is 314 g/mol. The maximum Gasteiger partial charge on any atom is 0.225 e. The zero-order valence-electron chi connectivity index (χ0n) is 15.2. The Balaban J connectivity index is 3.00. The Bertz CT molecular complexity index is 430. The third kappa shape index (κ3) is 4.44. The van der Waals surface area contributed by atoms with Crippen molar-refractivity contribution in [2.45, 2.75) is 82.7 Å². The molecule has 0 N–H and O–H groups in total. The van der Waals surface area contributed by atoms with E-state index in [9.17, 15) is 9.59 Å². The summed E-state index contributed by atoms with van der Waals surface area (Å²) in [6.07, 6.45) is 0.505. The first-order valence-electron chi connectivity index (χ1n) is 8.08. The lowest BCUT2D eigenvalue weighted by Gasteiger charge is -2.36. The van der Waals surface area contributed by atoms with Crippen LogP contribution in [0.5, 0.6) is 0 Å². The number of carbonyl (C=O) groups excluding carboxylic acids is 2. The topological polar surface area (TPSA) is 37.4 Å². The third-order valence-corrected chi connectivity index (χ3v) is 6.44. The van der Waals surface area contributed by atoms with Crippen LogP contribution in [0.25, 0.3) is 0 Å². The summed E-state index contributed by atoms with van der Waals surface area (Å²) in [5.74, 6) is 1.04. The number of Topliss-reactive ketones (excluding diaryl/α,β-unsaturated/α-hetero) is 1. The molecule has 0 spiro atoms. The van der Waals surface area contributed by atoms with Crippen LogP contribution in [0.1, 0.15) is 61.8 Å². The molecule has 0 bridgehead atoms. The minimum Gasteiger partial charge on any atom is -0.317 e. The van der Waals surface area contributed by atoms with Crippen LogP contribution in [0, 0.1) is 5.92 Å². The highest BCUT2D eigenvalue weighted by Gasteiger charge is 2.56. The Kier molecular flexibility index (Phi) is 6.48. The molecule has 128 valence electrons. The van der Waals surface area contributed by atoms with Crippen molar-refractivity contribution in [1.82, 2.24) is 4.90 Å². The summed E-state index contributed by atoms with van der Waals surface area (Å²) in [4.78, 5) is 27.1. The summed E-state index contributed by atoms with van der Waals surface area (Å²) < 4.78 is -0.244. The summed E-state index contributed by atoms with van der Waals surface area (Å²) in [5.41, 5.74) is 0. The fourth-order valence-corrected chi connectivity index (χ4v) is 5.79. The molecule has 1 saturated heterocycles. The summed E-state index contributed by atoms with van der Waals surface area (Å²) in [7, 11) is 0. The molecule has 1 aliphatic rings. The van der Waals surface area contributed by atoms with Gasteiger partial charge >= 0.3 is 0 Å². The Morgan fingerprint density at radius 3 is 2.14 bits per heavy atom. The first-order chi connectivity index (χ1) is 9.90. The third-order valence-electron chi connectivity index (χ3n) is 3.88. The SMILES string of the molecule is CC(C)SCCC(=O)N1[C@H](C(=O)C(C)C)C(C)(C)SC1(C)C. The summed E-state index contributed by atoms with van der Waals surface area (Å²) in [5, 5.41) is 0.526. The van der Waals surface area contributed by atoms with E-state index in [1.807, 2.05) is 18.7 Å². The van der Waals surface area contributed by atoms with Crippen molar-refractivity contribution >= 4 is 35.2 Å². The standard InChI is InChI=1S/C17H31NO2S2/c1-11(2)14(20)15-16(5,6)22-17(7,8)18(15)13(19)9-10-21-12(3)4/h11-12,15H,9-10H2,1-8H3/t15-/m1/s1. The van der Waals surface area contributed by atoms with E-state index in [0.29, 0.717) is 11.7 Å². The van der Waals surface area contributed by atoms with E-state index < -0.39 is 0 Å². The Morgan fingerprint density at radius 1 is 1.14 bits per heavy atom. The van der Waals surface area contributed by atoms with E-state index in [4.69, 9.17) is 0 Å². The maximum absolute atomic E-state index is 12.8. The van der Waals surface area contributed by atoms with E-state index in [0.717, 1.165) is 5.75 Å². The van der Waals surface area contributed by atoms with Crippen LogP contribution < -0.4 is 0 Å². The molecule has 5 heteroatoms. The number of amides is 1. The Morgan fingerprint density at radius 2 is 1.68 bits per heavy atom. The van der Waals surface area contributed by atoms with Crippen molar-refractivity contribution in [3.8, 4) is 0 Å². The van der Waals surface area contributed by atoms with Crippen molar-refractivity contribution < 1.29 is 9.59 Å². The first-order valence-corrected chi connectivity index (χ1v) is 9.94. The molecule has 0 aromatic carbocycles. The van der Waals surface area contributed by atoms with Crippen molar-refractivity contribution in [2.75, 3.05) is 5.75 Å². The quantitative estimate of drug-likeness (QED) is 0.723. The average molecular weight is 346 g/mol. The van der Waals surface area contributed by atoms with Crippen LogP contribution in [-0.4, -0.2) is 43.3 Å². The van der Waals surface area contributed by atoms with Gasteiger partial charge in [-0.25, -0.2) is 0 Å². The van der Waals surface area contributed by atoms with Gasteiger partial charge in [0.2, 0.25) is 5.91 Å². The van der Waals surface area contributed by atoms with E-state index in [1.54, 1.807) is 23.5 Å². The number of ketones is 1. The molecule has 1 atom stereocenters. The summed E-state index contributed by atoms with van der Waals surface area (Å²) >= 11 is 3.53. The van der Waals surface area contributed by atoms with Crippen molar-refractivity contribution in [3.63, 3.8) is 0 Å². The van der Waals surface area contributed by atoms with Crippen LogP contribution in [0.4, 0.5) is 0 Å². The van der Waals surface area contributed by atoms with Crippen molar-refractivity contribution in [1.29, 1.82) is 0 Å². The van der Waals surface area contributed by atoms with Gasteiger partial charge in [-0.15, -0.1) is 11.8 Å². The van der Waals surface area contributed by atoms with Gasteiger partial charge < -0.3 is 4.90 Å². The van der Waals surface area contributed by atoms with Gasteiger partial charge in [0.25, 0.3) is 0 Å². The Hall–Kier alpha value is -0.160. The zero-order valence-corrected chi connectivity index (χ0v) is 16.9. The molecule has 22 heavy (non-hydrogen) atoms. The molecule has 1 heterocycles. The van der Waals surface area contributed by atoms with Gasteiger partial charge in [0.1, 0.15) is 6.04 Å². The average Bonchev–Trinajstić information content (AvgIpc) is 2.51. The summed E-state index contributed by atoms with van der Waals surface area (Å²) in [6.45, 7) is 16.4. The normalized spacial score (nSPS) is 23.4. The zero-order chi connectivity index (χ0) is 17.3. The van der Waals surface area contributed by atoms with Gasteiger partial charge in [0.15, 0.2) is 5.78 Å². The summed E-state index contributed by atoms with van der Waals surface area (Å²) in [6, 6.07) is -0.330. The number of nitrogens with zero attached hydrogens (tertiary/aromatic N) is 1. The molecule has 1 fully saturated rings. The second-order valence-corrected chi connectivity index (χ2v) is 11.5. The molecule has 0 saturated carbocycles. The molecule has 3 nitrogen and oxygen atoms in total. The Labute approximate surface area is 144 Å². The monoisotopic (exact) mass is 345 g/mol. The van der Waals surface area contributed by atoms with Crippen molar-refractivity contribution in [3.05, 3.63) is 0 Å². The second kappa shape index (κ2) is 7.16. The molecule has 1 aliphatic heterocycles. The smallest absolute Gasteiger partial charge is 0.225 e. The lowest BCUT2D eigenvalue weighted by molar-refractivity contribution is -0.143. The fourth-order valence-electron chi connectivity index (χ4n) is 3.10. The van der Waals surface area contributed by atoms with Crippen LogP contribution in [0.2, 0.25) is 0 Å². The van der Waals surface area contributed by atoms with E-state index in [-0.39, 0.29) is 33.3 Å². The van der Waals surface area contributed by atoms with Crippen LogP contribution in [0.3, 0.4) is 0 Å². The number of hydrogen-bond acceptors (Lipinski definition) is 4. The van der Waals surface area contributed by atoms with Gasteiger partial charge in [-0.05, 0) is 32.9 Å². The number of hydrogen-bond donors (Lipinski definition) is 0. The van der Waals surface area contributed by atoms with Crippen LogP contribution >= 0.6 is 23.5 Å².